The summed E-state index contributed by atoms with van der Waals surface area (Å²) in [7, 11) is 0. The Labute approximate surface area is 183 Å². The summed E-state index contributed by atoms with van der Waals surface area (Å²) in [5.41, 5.74) is 3.91. The van der Waals surface area contributed by atoms with Gasteiger partial charge in [-0.25, -0.2) is 4.68 Å². The smallest absolute Gasteiger partial charge is 0.226 e. The van der Waals surface area contributed by atoms with Crippen molar-refractivity contribution in [2.45, 2.75) is 20.8 Å². The van der Waals surface area contributed by atoms with Crippen LogP contribution < -0.4 is 10.6 Å². The van der Waals surface area contributed by atoms with Crippen LogP contribution >= 0.6 is 0 Å². The van der Waals surface area contributed by atoms with Crippen LogP contribution in [0.5, 0.6) is 0 Å². The van der Waals surface area contributed by atoms with Crippen molar-refractivity contribution in [2.75, 3.05) is 36.8 Å². The number of likely N-dealkylation sites (N-methyl/N-ethyl adjacent to an activating group) is 1. The van der Waals surface area contributed by atoms with Crippen LogP contribution in [0.25, 0.3) is 16.7 Å². The van der Waals surface area contributed by atoms with Crippen LogP contribution in [0.4, 0.5) is 17.5 Å². The van der Waals surface area contributed by atoms with Crippen molar-refractivity contribution in [1.82, 2.24) is 24.6 Å². The first-order valence-corrected chi connectivity index (χ1v) is 10.8. The van der Waals surface area contributed by atoms with Crippen molar-refractivity contribution in [1.29, 1.82) is 0 Å². The molecular formula is C24H29N7. The van der Waals surface area contributed by atoms with E-state index in [2.05, 4.69) is 53.5 Å². The average Bonchev–Trinajstić information content (AvgIpc) is 3.22. The number of fused-ring (bicyclic) bond motifs is 1. The van der Waals surface area contributed by atoms with Gasteiger partial charge in [0.15, 0.2) is 5.65 Å². The summed E-state index contributed by atoms with van der Waals surface area (Å²) in [5.74, 6) is 1.33. The number of aryl methyl sites for hydroxylation is 1. The molecule has 7 heteroatoms. The number of benzene rings is 2. The zero-order valence-corrected chi connectivity index (χ0v) is 18.3. The molecule has 0 radical (unpaired) electrons. The summed E-state index contributed by atoms with van der Waals surface area (Å²) in [6.07, 6.45) is 1.82. The summed E-state index contributed by atoms with van der Waals surface area (Å²) in [6.45, 7) is 10.2. The van der Waals surface area contributed by atoms with E-state index in [4.69, 9.17) is 9.97 Å². The quantitative estimate of drug-likeness (QED) is 0.416. The molecule has 0 bridgehead atoms. The summed E-state index contributed by atoms with van der Waals surface area (Å²) in [4.78, 5) is 11.9. The lowest BCUT2D eigenvalue weighted by Gasteiger charge is -2.18. The van der Waals surface area contributed by atoms with Crippen molar-refractivity contribution < 1.29 is 0 Å². The fraction of sp³-hybridized carbons (Fsp3) is 0.292. The molecule has 0 aliphatic rings. The van der Waals surface area contributed by atoms with Crippen LogP contribution in [-0.2, 0) is 0 Å². The van der Waals surface area contributed by atoms with Crippen LogP contribution in [0.2, 0.25) is 0 Å². The number of aromatic nitrogens is 4. The van der Waals surface area contributed by atoms with Gasteiger partial charge in [-0.3, -0.25) is 0 Å². The van der Waals surface area contributed by atoms with Gasteiger partial charge in [0, 0.05) is 18.8 Å². The van der Waals surface area contributed by atoms with Gasteiger partial charge in [-0.2, -0.15) is 15.1 Å². The molecule has 0 unspecified atom stereocenters. The monoisotopic (exact) mass is 415 g/mol. The highest BCUT2D eigenvalue weighted by atomic mass is 15.3. The molecule has 0 amide bonds. The molecule has 31 heavy (non-hydrogen) atoms. The Kier molecular flexibility index (Phi) is 6.43. The minimum Gasteiger partial charge on any atom is -0.353 e. The summed E-state index contributed by atoms with van der Waals surface area (Å²) in [5, 5.41) is 12.3. The average molecular weight is 416 g/mol. The second-order valence-electron chi connectivity index (χ2n) is 7.47. The lowest BCUT2D eigenvalue weighted by Crippen LogP contribution is -2.29. The van der Waals surface area contributed by atoms with Crippen LogP contribution in [0, 0.1) is 6.92 Å². The molecule has 2 aromatic heterocycles. The molecule has 0 aliphatic carbocycles. The van der Waals surface area contributed by atoms with Gasteiger partial charge in [0.05, 0.1) is 17.3 Å². The van der Waals surface area contributed by atoms with E-state index in [0.717, 1.165) is 54.4 Å². The molecule has 0 aliphatic heterocycles. The first kappa shape index (κ1) is 20.8. The molecule has 0 fully saturated rings. The van der Waals surface area contributed by atoms with E-state index in [9.17, 15) is 0 Å². The third-order valence-electron chi connectivity index (χ3n) is 5.32. The molecule has 2 N–H and O–H groups in total. The molecule has 0 saturated heterocycles. The number of para-hydroxylation sites is 1. The number of anilines is 3. The Morgan fingerprint density at radius 2 is 1.77 bits per heavy atom. The van der Waals surface area contributed by atoms with E-state index in [1.807, 2.05) is 53.3 Å². The Balaban J connectivity index is 1.71. The van der Waals surface area contributed by atoms with E-state index >= 15 is 0 Å². The van der Waals surface area contributed by atoms with Gasteiger partial charge in [-0.15, -0.1) is 0 Å². The van der Waals surface area contributed by atoms with Crippen molar-refractivity contribution in [2.24, 2.45) is 0 Å². The topological polar surface area (TPSA) is 70.9 Å². The van der Waals surface area contributed by atoms with E-state index in [1.165, 1.54) is 5.56 Å². The predicted octanol–water partition coefficient (Wildman–Crippen LogP) is 4.62. The maximum Gasteiger partial charge on any atom is 0.226 e. The Bertz CT molecular complexity index is 1130. The highest BCUT2D eigenvalue weighted by Crippen LogP contribution is 2.27. The molecule has 0 saturated carbocycles. The Morgan fingerprint density at radius 3 is 2.52 bits per heavy atom. The van der Waals surface area contributed by atoms with Gasteiger partial charge in [-0.1, -0.05) is 44.2 Å². The van der Waals surface area contributed by atoms with Gasteiger partial charge < -0.3 is 15.5 Å². The zero-order chi connectivity index (χ0) is 21.6. The molecular weight excluding hydrogens is 386 g/mol. The molecule has 7 nitrogen and oxygen atoms in total. The molecule has 0 spiro atoms. The number of rotatable bonds is 9. The number of hydrogen-bond donors (Lipinski definition) is 2. The van der Waals surface area contributed by atoms with Crippen molar-refractivity contribution in [3.63, 3.8) is 0 Å². The van der Waals surface area contributed by atoms with E-state index in [-0.39, 0.29) is 0 Å². The second-order valence-corrected chi connectivity index (χ2v) is 7.47. The lowest BCUT2D eigenvalue weighted by atomic mass is 10.2. The highest BCUT2D eigenvalue weighted by Gasteiger charge is 2.14. The van der Waals surface area contributed by atoms with Crippen LogP contribution in [0.15, 0.2) is 60.8 Å². The Hall–Kier alpha value is -3.45. The van der Waals surface area contributed by atoms with E-state index in [0.29, 0.717) is 5.95 Å². The molecule has 2 aromatic carbocycles. The molecule has 160 valence electrons. The number of nitrogens with one attached hydrogen (secondary N) is 2. The highest BCUT2D eigenvalue weighted by molar-refractivity contribution is 5.90. The first-order valence-electron chi connectivity index (χ1n) is 10.8. The molecule has 2 heterocycles. The van der Waals surface area contributed by atoms with Crippen LogP contribution in [0.1, 0.15) is 19.4 Å². The molecule has 0 atom stereocenters. The van der Waals surface area contributed by atoms with Crippen molar-refractivity contribution in [3.05, 3.63) is 66.4 Å². The lowest BCUT2D eigenvalue weighted by molar-refractivity contribution is 0.316. The summed E-state index contributed by atoms with van der Waals surface area (Å²) >= 11 is 0. The summed E-state index contributed by atoms with van der Waals surface area (Å²) in [6, 6.07) is 18.3. The predicted molar refractivity (Wildman–Crippen MR) is 127 cm³/mol. The number of nitrogens with zero attached hydrogens (tertiary/aromatic N) is 5. The third kappa shape index (κ3) is 4.83. The van der Waals surface area contributed by atoms with E-state index in [1.54, 1.807) is 0 Å². The van der Waals surface area contributed by atoms with Gasteiger partial charge in [0.1, 0.15) is 5.82 Å². The maximum absolute atomic E-state index is 4.80. The van der Waals surface area contributed by atoms with Gasteiger partial charge >= 0.3 is 0 Å². The zero-order valence-electron chi connectivity index (χ0n) is 18.3. The molecule has 4 rings (SSSR count). The normalized spacial score (nSPS) is 11.2. The first-order chi connectivity index (χ1) is 15.2. The van der Waals surface area contributed by atoms with E-state index < -0.39 is 0 Å². The SMILES string of the molecule is CCN(CC)CCNc1nc(Nc2cccc(C)c2)c2cnn(-c3ccccc3)c2n1. The van der Waals surface area contributed by atoms with Crippen LogP contribution in [-0.4, -0.2) is 50.8 Å². The minimum absolute atomic E-state index is 0.590. The number of hydrogen-bond acceptors (Lipinski definition) is 6. The third-order valence-corrected chi connectivity index (χ3v) is 5.32. The maximum atomic E-state index is 4.80. The largest absolute Gasteiger partial charge is 0.353 e. The molecule has 4 aromatic rings. The fourth-order valence-electron chi connectivity index (χ4n) is 3.57. The van der Waals surface area contributed by atoms with Crippen molar-refractivity contribution in [3.8, 4) is 5.69 Å². The second kappa shape index (κ2) is 9.57. The standard InChI is InChI=1S/C24H29N7/c1-4-30(5-2)15-14-25-24-28-22(27-19-11-9-10-18(3)16-19)21-17-26-31(23(21)29-24)20-12-7-6-8-13-20/h6-13,16-17H,4-5,14-15H2,1-3H3,(H2,25,27,28,29). The van der Waals surface area contributed by atoms with Gasteiger partial charge in [0.2, 0.25) is 5.95 Å². The van der Waals surface area contributed by atoms with Gasteiger partial charge in [0.25, 0.3) is 0 Å². The fourth-order valence-corrected chi connectivity index (χ4v) is 3.57. The van der Waals surface area contributed by atoms with Crippen molar-refractivity contribution >= 4 is 28.5 Å². The van der Waals surface area contributed by atoms with Crippen LogP contribution in [0.3, 0.4) is 0 Å². The summed E-state index contributed by atoms with van der Waals surface area (Å²) < 4.78 is 1.86. The van der Waals surface area contributed by atoms with Gasteiger partial charge in [-0.05, 0) is 49.8 Å². The Morgan fingerprint density at radius 1 is 0.968 bits per heavy atom. The minimum atomic E-state index is 0.590.